The summed E-state index contributed by atoms with van der Waals surface area (Å²) in [6, 6.07) is 5.11. The van der Waals surface area contributed by atoms with Crippen molar-refractivity contribution in [3.63, 3.8) is 0 Å². The molecule has 9 heteroatoms. The minimum absolute atomic E-state index is 0.0149. The van der Waals surface area contributed by atoms with Crippen LogP contribution in [-0.4, -0.2) is 40.1 Å². The lowest BCUT2D eigenvalue weighted by atomic mass is 10.1. The first-order chi connectivity index (χ1) is 12.3. The molecule has 0 spiro atoms. The van der Waals surface area contributed by atoms with Crippen molar-refractivity contribution in [3.8, 4) is 5.75 Å². The normalized spacial score (nSPS) is 16.3. The fourth-order valence-corrected chi connectivity index (χ4v) is 3.18. The summed E-state index contributed by atoms with van der Waals surface area (Å²) in [6.07, 6.45) is 1.30. The van der Waals surface area contributed by atoms with E-state index in [0.717, 1.165) is 6.07 Å². The third kappa shape index (κ3) is 3.15. The van der Waals surface area contributed by atoms with Gasteiger partial charge in [-0.05, 0) is 17.7 Å². The second kappa shape index (κ2) is 7.01. The summed E-state index contributed by atoms with van der Waals surface area (Å²) in [6.45, 7) is 0.132. The van der Waals surface area contributed by atoms with Crippen molar-refractivity contribution in [2.24, 2.45) is 0 Å². The van der Waals surface area contributed by atoms with Gasteiger partial charge in [0.05, 0.1) is 23.7 Å². The summed E-state index contributed by atoms with van der Waals surface area (Å²) >= 11 is 11.9. The van der Waals surface area contributed by atoms with Crippen LogP contribution in [-0.2, 0) is 16.1 Å². The highest BCUT2D eigenvalue weighted by molar-refractivity contribution is 6.42. The second-order valence-electron chi connectivity index (χ2n) is 5.76. The van der Waals surface area contributed by atoms with E-state index in [-0.39, 0.29) is 18.8 Å². The van der Waals surface area contributed by atoms with E-state index < -0.39 is 29.1 Å². The Morgan fingerprint density at radius 1 is 1.27 bits per heavy atom. The Kier molecular flexibility index (Phi) is 4.93. The zero-order valence-electron chi connectivity index (χ0n) is 13.6. The van der Waals surface area contributed by atoms with Gasteiger partial charge < -0.3 is 19.3 Å². The van der Waals surface area contributed by atoms with Crippen molar-refractivity contribution < 1.29 is 19.4 Å². The van der Waals surface area contributed by atoms with E-state index in [0.29, 0.717) is 15.6 Å². The van der Waals surface area contributed by atoms with Crippen molar-refractivity contribution in [2.75, 3.05) is 13.7 Å². The number of amides is 1. The molecule has 26 heavy (non-hydrogen) atoms. The minimum Gasteiger partial charge on any atom is -0.503 e. The van der Waals surface area contributed by atoms with E-state index in [1.807, 2.05) is 0 Å². The predicted octanol–water partition coefficient (Wildman–Crippen LogP) is 2.23. The highest BCUT2D eigenvalue weighted by Crippen LogP contribution is 2.29. The number of benzene rings is 1. The Labute approximate surface area is 158 Å². The monoisotopic (exact) mass is 396 g/mol. The molecular weight excluding hydrogens is 383 g/mol. The summed E-state index contributed by atoms with van der Waals surface area (Å²) in [4.78, 5) is 38.0. The van der Waals surface area contributed by atoms with Crippen LogP contribution in [0.5, 0.6) is 5.75 Å². The molecule has 0 aliphatic carbocycles. The van der Waals surface area contributed by atoms with Gasteiger partial charge in [-0.1, -0.05) is 29.3 Å². The molecular formula is C17H14Cl2N2O5. The maximum atomic E-state index is 12.8. The van der Waals surface area contributed by atoms with Crippen LogP contribution in [0.3, 0.4) is 0 Å². The fourth-order valence-electron chi connectivity index (χ4n) is 2.86. The number of nitrogens with zero attached hydrogens (tertiary/aromatic N) is 2. The third-order valence-electron chi connectivity index (χ3n) is 4.15. The molecule has 3 rings (SSSR count). The zero-order chi connectivity index (χ0) is 19.0. The summed E-state index contributed by atoms with van der Waals surface area (Å²) in [5.74, 6) is -1.88. The number of carbonyl (C=O) groups is 2. The molecule has 136 valence electrons. The molecule has 2 heterocycles. The SMILES string of the molecule is COC(=O)C1CN(Cc2ccc(Cl)c(Cl)c2)C(=O)c2c(O)c(=O)ccn21. The molecule has 2 aromatic rings. The maximum absolute atomic E-state index is 12.8. The Bertz CT molecular complexity index is 957. The summed E-state index contributed by atoms with van der Waals surface area (Å²) in [5, 5.41) is 10.8. The van der Waals surface area contributed by atoms with Crippen LogP contribution >= 0.6 is 23.2 Å². The number of pyridine rings is 1. The quantitative estimate of drug-likeness (QED) is 0.803. The Hall–Kier alpha value is -2.51. The number of hydrogen-bond acceptors (Lipinski definition) is 5. The van der Waals surface area contributed by atoms with E-state index in [1.54, 1.807) is 18.2 Å². The van der Waals surface area contributed by atoms with Crippen molar-refractivity contribution >= 4 is 35.1 Å². The average molecular weight is 397 g/mol. The van der Waals surface area contributed by atoms with Crippen molar-refractivity contribution in [1.82, 2.24) is 9.47 Å². The molecule has 7 nitrogen and oxygen atoms in total. The summed E-state index contributed by atoms with van der Waals surface area (Å²) in [7, 11) is 1.23. The molecule has 1 unspecified atom stereocenters. The first-order valence-corrected chi connectivity index (χ1v) is 8.34. The number of hydrogen-bond donors (Lipinski definition) is 1. The third-order valence-corrected chi connectivity index (χ3v) is 4.89. The smallest absolute Gasteiger partial charge is 0.330 e. The molecule has 1 aliphatic rings. The molecule has 0 saturated heterocycles. The van der Waals surface area contributed by atoms with Gasteiger partial charge in [0.15, 0.2) is 11.4 Å². The highest BCUT2D eigenvalue weighted by atomic mass is 35.5. The van der Waals surface area contributed by atoms with Crippen molar-refractivity contribution in [3.05, 3.63) is 62.0 Å². The molecule has 1 N–H and O–H groups in total. The van der Waals surface area contributed by atoms with E-state index >= 15 is 0 Å². The first kappa shape index (κ1) is 18.3. The van der Waals surface area contributed by atoms with Gasteiger partial charge in [0.25, 0.3) is 5.91 Å². The van der Waals surface area contributed by atoms with Gasteiger partial charge in [0.2, 0.25) is 5.43 Å². The molecule has 0 radical (unpaired) electrons. The van der Waals surface area contributed by atoms with Gasteiger partial charge >= 0.3 is 5.97 Å². The van der Waals surface area contributed by atoms with Gasteiger partial charge in [0, 0.05) is 18.8 Å². The van der Waals surface area contributed by atoms with Gasteiger partial charge in [0.1, 0.15) is 6.04 Å². The number of halogens is 2. The number of methoxy groups -OCH3 is 1. The molecule has 1 amide bonds. The van der Waals surface area contributed by atoms with Gasteiger partial charge in [-0.15, -0.1) is 0 Å². The highest BCUT2D eigenvalue weighted by Gasteiger charge is 2.37. The number of carbonyl (C=O) groups excluding carboxylic acids is 2. The lowest BCUT2D eigenvalue weighted by Gasteiger charge is -2.34. The van der Waals surface area contributed by atoms with E-state index in [2.05, 4.69) is 0 Å². The van der Waals surface area contributed by atoms with Crippen LogP contribution in [0, 0.1) is 0 Å². The Balaban J connectivity index is 2.04. The molecule has 0 fully saturated rings. The summed E-state index contributed by atoms with van der Waals surface area (Å²) in [5.41, 5.74) is -0.272. The van der Waals surface area contributed by atoms with Gasteiger partial charge in [-0.2, -0.15) is 0 Å². The molecule has 1 aromatic carbocycles. The van der Waals surface area contributed by atoms with Crippen molar-refractivity contribution in [2.45, 2.75) is 12.6 Å². The van der Waals surface area contributed by atoms with Crippen LogP contribution in [0.1, 0.15) is 22.1 Å². The van der Waals surface area contributed by atoms with Crippen LogP contribution in [0.2, 0.25) is 10.0 Å². The minimum atomic E-state index is -0.887. The zero-order valence-corrected chi connectivity index (χ0v) is 15.1. The standard InChI is InChI=1S/C17H14Cl2N2O5/c1-26-17(25)12-8-20(7-9-2-3-10(18)11(19)6-9)16(24)14-15(23)13(22)4-5-21(12)14/h2-6,12,23H,7-8H2,1H3. The van der Waals surface area contributed by atoms with E-state index in [1.165, 1.54) is 22.8 Å². The van der Waals surface area contributed by atoms with E-state index in [9.17, 15) is 19.5 Å². The lowest BCUT2D eigenvalue weighted by Crippen LogP contribution is -2.46. The van der Waals surface area contributed by atoms with Crippen LogP contribution in [0.4, 0.5) is 0 Å². The molecule has 1 atom stereocenters. The molecule has 0 saturated carbocycles. The Morgan fingerprint density at radius 3 is 2.65 bits per heavy atom. The van der Waals surface area contributed by atoms with Crippen LogP contribution < -0.4 is 5.43 Å². The topological polar surface area (TPSA) is 88.8 Å². The number of aromatic nitrogens is 1. The number of fused-ring (bicyclic) bond motifs is 1. The second-order valence-corrected chi connectivity index (χ2v) is 6.57. The average Bonchev–Trinajstić information content (AvgIpc) is 2.62. The number of ether oxygens (including phenoxy) is 1. The molecule has 0 bridgehead atoms. The Morgan fingerprint density at radius 2 is 2.00 bits per heavy atom. The van der Waals surface area contributed by atoms with Crippen LogP contribution in [0.25, 0.3) is 0 Å². The fraction of sp³-hybridized carbons (Fsp3) is 0.235. The number of esters is 1. The van der Waals surface area contributed by atoms with Gasteiger partial charge in [-0.25, -0.2) is 4.79 Å². The lowest BCUT2D eigenvalue weighted by molar-refractivity contribution is -0.145. The van der Waals surface area contributed by atoms with Crippen molar-refractivity contribution in [1.29, 1.82) is 0 Å². The number of rotatable bonds is 3. The predicted molar refractivity (Wildman–Crippen MR) is 94.6 cm³/mol. The van der Waals surface area contributed by atoms with E-state index in [4.69, 9.17) is 27.9 Å². The summed E-state index contributed by atoms with van der Waals surface area (Å²) < 4.78 is 6.05. The van der Waals surface area contributed by atoms with Gasteiger partial charge in [-0.3, -0.25) is 9.59 Å². The molecule has 1 aliphatic heterocycles. The first-order valence-electron chi connectivity index (χ1n) is 7.58. The van der Waals surface area contributed by atoms with Crippen LogP contribution in [0.15, 0.2) is 35.3 Å². The number of aromatic hydroxyl groups is 1. The maximum Gasteiger partial charge on any atom is 0.330 e. The molecule has 1 aromatic heterocycles. The largest absolute Gasteiger partial charge is 0.503 e.